The molecule has 0 fully saturated rings. The third kappa shape index (κ3) is 23.9. The molecule has 0 spiro atoms. The van der Waals surface area contributed by atoms with Crippen molar-refractivity contribution in [2.24, 2.45) is 0 Å². The van der Waals surface area contributed by atoms with E-state index < -0.39 is 5.97 Å². The first kappa shape index (κ1) is 31.2. The highest BCUT2D eigenvalue weighted by atomic mass is 32.2. The number of quaternary nitrogens is 1. The summed E-state index contributed by atoms with van der Waals surface area (Å²) in [5, 5.41) is 13.6. The molecule has 0 aliphatic rings. The summed E-state index contributed by atoms with van der Waals surface area (Å²) in [6, 6.07) is 0. The Morgan fingerprint density at radius 1 is 0.750 bits per heavy atom. The van der Waals surface area contributed by atoms with Gasteiger partial charge in [0.1, 0.15) is 6.54 Å². The van der Waals surface area contributed by atoms with E-state index in [9.17, 15) is 14.7 Å². The van der Waals surface area contributed by atoms with Crippen LogP contribution in [0.5, 0.6) is 0 Å². The van der Waals surface area contributed by atoms with Gasteiger partial charge in [-0.3, -0.25) is 4.79 Å². The lowest BCUT2D eigenvalue weighted by Gasteiger charge is -2.30. The standard InChI is InChI=1S/C26H52N2O3S/c1-4-5-6-7-8-9-10-11-12-13-14-16-22-32-23-17-15-19-25(29)27-20-18-21-28(2,3)24-26(30)31/h4-24H2,1-3H3,(H-,27,29,30,31). The van der Waals surface area contributed by atoms with Crippen molar-refractivity contribution in [3.8, 4) is 0 Å². The highest BCUT2D eigenvalue weighted by Crippen LogP contribution is 2.14. The second-order valence-corrected chi connectivity index (χ2v) is 11.1. The zero-order valence-electron chi connectivity index (χ0n) is 21.4. The van der Waals surface area contributed by atoms with E-state index in [0.29, 0.717) is 24.0 Å². The number of hydrogen-bond acceptors (Lipinski definition) is 4. The minimum atomic E-state index is -1.03. The van der Waals surface area contributed by atoms with Crippen molar-refractivity contribution in [1.82, 2.24) is 5.32 Å². The Balaban J connectivity index is 3.28. The van der Waals surface area contributed by atoms with Crippen LogP contribution in [0.1, 0.15) is 110 Å². The molecule has 0 aromatic rings. The van der Waals surface area contributed by atoms with Gasteiger partial charge in [-0.25, -0.2) is 0 Å². The number of carboxylic acid groups (broad SMARTS) is 1. The number of thioether (sulfide) groups is 1. The van der Waals surface area contributed by atoms with Crippen molar-refractivity contribution in [3.05, 3.63) is 0 Å². The molecule has 0 saturated heterocycles. The van der Waals surface area contributed by atoms with Gasteiger partial charge in [0.05, 0.1) is 26.6 Å². The van der Waals surface area contributed by atoms with E-state index in [-0.39, 0.29) is 12.5 Å². The number of carbonyl (C=O) groups excluding carboxylic acids is 2. The molecule has 0 aliphatic carbocycles. The average Bonchev–Trinajstić information content (AvgIpc) is 2.72. The minimum Gasteiger partial charge on any atom is -0.544 e. The number of nitrogens with zero attached hydrogens (tertiary/aromatic N) is 1. The lowest BCUT2D eigenvalue weighted by atomic mass is 10.1. The molecule has 0 rings (SSSR count). The monoisotopic (exact) mass is 472 g/mol. The maximum Gasteiger partial charge on any atom is 0.219 e. The van der Waals surface area contributed by atoms with Gasteiger partial charge in [-0.05, 0) is 30.8 Å². The number of nitrogens with one attached hydrogen (secondary N) is 1. The molecule has 0 heterocycles. The van der Waals surface area contributed by atoms with E-state index in [1.165, 1.54) is 82.8 Å². The second kappa shape index (κ2) is 22.1. The van der Waals surface area contributed by atoms with Gasteiger partial charge in [-0.2, -0.15) is 11.8 Å². The van der Waals surface area contributed by atoms with Gasteiger partial charge in [0.2, 0.25) is 5.91 Å². The lowest BCUT2D eigenvalue weighted by Crippen LogP contribution is -2.49. The Kier molecular flexibility index (Phi) is 21.5. The Morgan fingerprint density at radius 2 is 1.25 bits per heavy atom. The predicted octanol–water partition coefficient (Wildman–Crippen LogP) is 4.92. The Bertz CT molecular complexity index is 458. The fraction of sp³-hybridized carbons (Fsp3) is 0.923. The number of aliphatic carboxylic acids is 1. The summed E-state index contributed by atoms with van der Waals surface area (Å²) in [5.41, 5.74) is 0. The third-order valence-electron chi connectivity index (χ3n) is 5.90. The number of unbranched alkanes of at least 4 members (excludes halogenated alkanes) is 12. The van der Waals surface area contributed by atoms with Gasteiger partial charge >= 0.3 is 0 Å². The summed E-state index contributed by atoms with van der Waals surface area (Å²) in [4.78, 5) is 22.6. The summed E-state index contributed by atoms with van der Waals surface area (Å²) in [6.45, 7) is 3.61. The van der Waals surface area contributed by atoms with Gasteiger partial charge in [-0.15, -0.1) is 0 Å². The number of hydrogen-bond donors (Lipinski definition) is 1. The van der Waals surface area contributed by atoms with Crippen LogP contribution in [-0.2, 0) is 9.59 Å². The van der Waals surface area contributed by atoms with Crippen molar-refractivity contribution < 1.29 is 19.2 Å². The zero-order valence-corrected chi connectivity index (χ0v) is 22.2. The molecule has 5 nitrogen and oxygen atoms in total. The molecule has 0 aromatic carbocycles. The van der Waals surface area contributed by atoms with Crippen molar-refractivity contribution in [1.29, 1.82) is 0 Å². The van der Waals surface area contributed by atoms with E-state index in [4.69, 9.17) is 0 Å². The van der Waals surface area contributed by atoms with Gasteiger partial charge in [-0.1, -0.05) is 77.6 Å². The molecule has 0 bridgehead atoms. The zero-order chi connectivity index (χ0) is 23.9. The summed E-state index contributed by atoms with van der Waals surface area (Å²) in [5.74, 6) is 1.49. The topological polar surface area (TPSA) is 69.2 Å². The SMILES string of the molecule is CCCCCCCCCCCCCCSCCCCC(=O)NCCC[N+](C)(C)CC(=O)[O-]. The van der Waals surface area contributed by atoms with E-state index >= 15 is 0 Å². The summed E-state index contributed by atoms with van der Waals surface area (Å²) >= 11 is 2.03. The predicted molar refractivity (Wildman–Crippen MR) is 137 cm³/mol. The number of amides is 1. The normalized spacial score (nSPS) is 11.6. The molecule has 0 atom stereocenters. The third-order valence-corrected chi connectivity index (χ3v) is 7.06. The number of likely N-dealkylation sites (N-methyl/N-ethyl adjacent to an activating group) is 1. The van der Waals surface area contributed by atoms with Gasteiger partial charge < -0.3 is 19.7 Å². The van der Waals surface area contributed by atoms with Crippen LogP contribution in [-0.4, -0.2) is 61.6 Å². The van der Waals surface area contributed by atoms with Crippen LogP contribution in [0.25, 0.3) is 0 Å². The van der Waals surface area contributed by atoms with Gasteiger partial charge in [0, 0.05) is 19.4 Å². The van der Waals surface area contributed by atoms with E-state index in [2.05, 4.69) is 12.2 Å². The second-order valence-electron chi connectivity index (χ2n) is 9.85. The Labute approximate surface area is 203 Å². The highest BCUT2D eigenvalue weighted by Gasteiger charge is 2.14. The molecule has 0 unspecified atom stereocenters. The van der Waals surface area contributed by atoms with Crippen LogP contribution in [0.2, 0.25) is 0 Å². The van der Waals surface area contributed by atoms with E-state index in [1.54, 1.807) is 0 Å². The maximum absolute atomic E-state index is 11.9. The lowest BCUT2D eigenvalue weighted by molar-refractivity contribution is -0.884. The van der Waals surface area contributed by atoms with E-state index in [1.807, 2.05) is 25.9 Å². The minimum absolute atomic E-state index is 0.00483. The van der Waals surface area contributed by atoms with Gasteiger partial charge in [0.25, 0.3) is 0 Å². The first-order chi connectivity index (χ1) is 15.4. The molecule has 1 amide bonds. The van der Waals surface area contributed by atoms with Crippen molar-refractivity contribution in [3.63, 3.8) is 0 Å². The molecule has 0 aromatic heterocycles. The summed E-state index contributed by atoms with van der Waals surface area (Å²) in [6.07, 6.45) is 20.2. The van der Waals surface area contributed by atoms with Crippen LogP contribution < -0.4 is 10.4 Å². The van der Waals surface area contributed by atoms with Gasteiger partial charge in [0.15, 0.2) is 0 Å². The molecule has 0 aliphatic heterocycles. The summed E-state index contributed by atoms with van der Waals surface area (Å²) in [7, 11) is 3.74. The number of carbonyl (C=O) groups is 2. The maximum atomic E-state index is 11.9. The molecule has 0 saturated carbocycles. The smallest absolute Gasteiger partial charge is 0.219 e. The molecular formula is C26H52N2O3S. The average molecular weight is 473 g/mol. The number of carboxylic acids is 1. The Hall–Kier alpha value is -0.750. The molecule has 1 N–H and O–H groups in total. The molecule has 32 heavy (non-hydrogen) atoms. The molecule has 190 valence electrons. The van der Waals surface area contributed by atoms with Crippen molar-refractivity contribution in [2.45, 2.75) is 110 Å². The van der Waals surface area contributed by atoms with Crippen LogP contribution in [0.15, 0.2) is 0 Å². The first-order valence-corrected chi connectivity index (χ1v) is 14.4. The van der Waals surface area contributed by atoms with Crippen molar-refractivity contribution in [2.75, 3.05) is 45.2 Å². The summed E-state index contributed by atoms with van der Waals surface area (Å²) < 4.78 is 0.384. The first-order valence-electron chi connectivity index (χ1n) is 13.2. The Morgan fingerprint density at radius 3 is 1.78 bits per heavy atom. The van der Waals surface area contributed by atoms with Crippen LogP contribution in [0.4, 0.5) is 0 Å². The largest absolute Gasteiger partial charge is 0.544 e. The molecule has 6 heteroatoms. The van der Waals surface area contributed by atoms with E-state index in [0.717, 1.165) is 25.0 Å². The fourth-order valence-electron chi connectivity index (χ4n) is 3.89. The highest BCUT2D eigenvalue weighted by molar-refractivity contribution is 7.99. The van der Waals surface area contributed by atoms with Crippen LogP contribution >= 0.6 is 11.8 Å². The number of rotatable bonds is 24. The quantitative estimate of drug-likeness (QED) is 0.160. The molecule has 0 radical (unpaired) electrons. The fourth-order valence-corrected chi connectivity index (χ4v) is 4.91. The van der Waals surface area contributed by atoms with Crippen molar-refractivity contribution >= 4 is 23.6 Å². The van der Waals surface area contributed by atoms with Crippen LogP contribution in [0.3, 0.4) is 0 Å². The molecular weight excluding hydrogens is 420 g/mol. The van der Waals surface area contributed by atoms with Crippen LogP contribution in [0, 0.1) is 0 Å².